The Labute approximate surface area is 150 Å². The second kappa shape index (κ2) is 7.77. The van der Waals surface area contributed by atoms with E-state index in [1.165, 1.54) is 19.3 Å². The average Bonchev–Trinajstić information content (AvgIpc) is 2.95. The summed E-state index contributed by atoms with van der Waals surface area (Å²) < 4.78 is 9.94. The SMILES string of the molecule is Cc1cc(Nc2snc(OCC3CCCCC3)c2C(=O)O)nc(C)n1. The molecule has 25 heavy (non-hydrogen) atoms. The minimum absolute atomic E-state index is 0.0646. The maximum atomic E-state index is 11.7. The number of hydrogen-bond acceptors (Lipinski definition) is 7. The molecule has 1 aliphatic carbocycles. The average molecular weight is 362 g/mol. The fraction of sp³-hybridized carbons (Fsp3) is 0.529. The van der Waals surface area contributed by atoms with Crippen LogP contribution in [0.4, 0.5) is 10.8 Å². The van der Waals surface area contributed by atoms with Crippen LogP contribution in [0.15, 0.2) is 6.07 Å². The zero-order valence-corrected chi connectivity index (χ0v) is 15.2. The number of aromatic nitrogens is 3. The van der Waals surface area contributed by atoms with Crippen molar-refractivity contribution < 1.29 is 14.6 Å². The van der Waals surface area contributed by atoms with Gasteiger partial charge in [-0.3, -0.25) is 0 Å². The summed E-state index contributed by atoms with van der Waals surface area (Å²) in [6, 6.07) is 1.76. The maximum Gasteiger partial charge on any atom is 0.344 e. The number of carbonyl (C=O) groups is 1. The number of carboxylic acid groups (broad SMARTS) is 1. The van der Waals surface area contributed by atoms with E-state index in [1.54, 1.807) is 13.0 Å². The van der Waals surface area contributed by atoms with Crippen molar-refractivity contribution in [3.05, 3.63) is 23.1 Å². The van der Waals surface area contributed by atoms with Crippen molar-refractivity contribution in [1.29, 1.82) is 0 Å². The van der Waals surface area contributed by atoms with Gasteiger partial charge in [-0.15, -0.1) is 0 Å². The van der Waals surface area contributed by atoms with E-state index in [9.17, 15) is 9.90 Å². The molecule has 0 radical (unpaired) electrons. The summed E-state index contributed by atoms with van der Waals surface area (Å²) in [7, 11) is 0. The third kappa shape index (κ3) is 4.45. The predicted molar refractivity (Wildman–Crippen MR) is 95.9 cm³/mol. The lowest BCUT2D eigenvalue weighted by atomic mass is 9.90. The highest BCUT2D eigenvalue weighted by Crippen LogP contribution is 2.33. The zero-order valence-electron chi connectivity index (χ0n) is 14.4. The van der Waals surface area contributed by atoms with Crippen molar-refractivity contribution in [2.24, 2.45) is 5.92 Å². The van der Waals surface area contributed by atoms with E-state index in [2.05, 4.69) is 19.7 Å². The molecule has 2 N–H and O–H groups in total. The number of rotatable bonds is 6. The third-order valence-corrected chi connectivity index (χ3v) is 5.01. The van der Waals surface area contributed by atoms with Gasteiger partial charge in [-0.25, -0.2) is 14.8 Å². The Morgan fingerprint density at radius 2 is 2.08 bits per heavy atom. The normalized spacial score (nSPS) is 15.1. The molecule has 2 aromatic rings. The number of aryl methyl sites for hydroxylation is 2. The van der Waals surface area contributed by atoms with E-state index < -0.39 is 5.97 Å². The second-order valence-electron chi connectivity index (χ2n) is 6.38. The molecule has 8 heteroatoms. The third-order valence-electron chi connectivity index (χ3n) is 4.26. The Bertz CT molecular complexity index is 736. The van der Waals surface area contributed by atoms with E-state index in [1.807, 2.05) is 6.92 Å². The van der Waals surface area contributed by atoms with Crippen molar-refractivity contribution in [2.75, 3.05) is 11.9 Å². The smallest absolute Gasteiger partial charge is 0.344 e. The van der Waals surface area contributed by atoms with Crippen LogP contribution in [0.2, 0.25) is 0 Å². The molecule has 134 valence electrons. The lowest BCUT2D eigenvalue weighted by Crippen LogP contribution is -2.16. The van der Waals surface area contributed by atoms with Crippen LogP contribution >= 0.6 is 11.5 Å². The van der Waals surface area contributed by atoms with Crippen LogP contribution < -0.4 is 10.1 Å². The van der Waals surface area contributed by atoms with Crippen LogP contribution in [0.3, 0.4) is 0 Å². The van der Waals surface area contributed by atoms with Crippen LogP contribution in [0.1, 0.15) is 54.0 Å². The topological polar surface area (TPSA) is 97.2 Å². The van der Waals surface area contributed by atoms with Gasteiger partial charge in [0.15, 0.2) is 5.56 Å². The van der Waals surface area contributed by atoms with Crippen molar-refractivity contribution in [1.82, 2.24) is 14.3 Å². The molecule has 0 amide bonds. The summed E-state index contributed by atoms with van der Waals surface area (Å²) in [6.07, 6.45) is 5.99. The van der Waals surface area contributed by atoms with E-state index in [0.717, 1.165) is 30.1 Å². The Balaban J connectivity index is 1.75. The van der Waals surface area contributed by atoms with E-state index in [4.69, 9.17) is 4.74 Å². The molecule has 0 bridgehead atoms. The molecule has 2 aromatic heterocycles. The highest BCUT2D eigenvalue weighted by Gasteiger charge is 2.24. The Morgan fingerprint density at radius 1 is 1.32 bits per heavy atom. The van der Waals surface area contributed by atoms with Crippen LogP contribution in [-0.2, 0) is 0 Å². The molecule has 1 fully saturated rings. The number of nitrogens with one attached hydrogen (secondary N) is 1. The maximum absolute atomic E-state index is 11.7. The van der Waals surface area contributed by atoms with Gasteiger partial charge in [-0.2, -0.15) is 4.37 Å². The first-order valence-corrected chi connectivity index (χ1v) is 9.25. The molecule has 7 nitrogen and oxygen atoms in total. The molecular formula is C17H22N4O3S. The summed E-state index contributed by atoms with van der Waals surface area (Å²) >= 11 is 1.07. The summed E-state index contributed by atoms with van der Waals surface area (Å²) in [6.45, 7) is 4.18. The first-order chi connectivity index (χ1) is 12.0. The molecule has 0 unspecified atom stereocenters. The Kier molecular flexibility index (Phi) is 5.47. The number of carboxylic acids is 1. The first kappa shape index (κ1) is 17.6. The van der Waals surface area contributed by atoms with Gasteiger partial charge in [0.2, 0.25) is 5.88 Å². The quantitative estimate of drug-likeness (QED) is 0.803. The number of anilines is 2. The van der Waals surface area contributed by atoms with Gasteiger partial charge < -0.3 is 15.2 Å². The molecule has 0 saturated heterocycles. The highest BCUT2D eigenvalue weighted by molar-refractivity contribution is 7.11. The van der Waals surface area contributed by atoms with Crippen molar-refractivity contribution >= 4 is 28.3 Å². The van der Waals surface area contributed by atoms with Gasteiger partial charge in [0.1, 0.15) is 16.6 Å². The molecule has 0 atom stereocenters. The summed E-state index contributed by atoms with van der Waals surface area (Å²) in [4.78, 5) is 20.2. The Morgan fingerprint density at radius 3 is 2.76 bits per heavy atom. The van der Waals surface area contributed by atoms with Gasteiger partial charge >= 0.3 is 5.97 Å². The zero-order chi connectivity index (χ0) is 17.8. The van der Waals surface area contributed by atoms with Crippen molar-refractivity contribution in [2.45, 2.75) is 46.0 Å². The molecular weight excluding hydrogens is 340 g/mol. The van der Waals surface area contributed by atoms with Gasteiger partial charge in [0, 0.05) is 11.8 Å². The molecule has 0 spiro atoms. The second-order valence-corrected chi connectivity index (χ2v) is 7.15. The van der Waals surface area contributed by atoms with E-state index in [-0.39, 0.29) is 11.4 Å². The summed E-state index contributed by atoms with van der Waals surface area (Å²) in [5, 5.41) is 13.0. The minimum Gasteiger partial charge on any atom is -0.477 e. The molecule has 1 aliphatic rings. The van der Waals surface area contributed by atoms with Gasteiger partial charge in [0.05, 0.1) is 6.61 Å². The van der Waals surface area contributed by atoms with Crippen LogP contribution in [0.5, 0.6) is 5.88 Å². The fourth-order valence-corrected chi connectivity index (χ4v) is 3.83. The van der Waals surface area contributed by atoms with Crippen molar-refractivity contribution in [3.8, 4) is 5.88 Å². The molecule has 0 aliphatic heterocycles. The van der Waals surface area contributed by atoms with Crippen molar-refractivity contribution in [3.63, 3.8) is 0 Å². The van der Waals surface area contributed by atoms with Gasteiger partial charge in [-0.1, -0.05) is 19.3 Å². The standard InChI is InChI=1S/C17H22N4O3S/c1-10-8-13(19-11(2)18-10)20-16-14(17(22)23)15(21-25-16)24-9-12-6-4-3-5-7-12/h8,12H,3-7,9H2,1-2H3,(H,22,23)(H,18,19,20). The van der Waals surface area contributed by atoms with Gasteiger partial charge in [0.25, 0.3) is 0 Å². The molecule has 1 saturated carbocycles. The van der Waals surface area contributed by atoms with E-state index in [0.29, 0.717) is 29.2 Å². The number of nitrogens with zero attached hydrogens (tertiary/aromatic N) is 3. The van der Waals surface area contributed by atoms with Crippen LogP contribution in [0.25, 0.3) is 0 Å². The Hall–Kier alpha value is -2.22. The lowest BCUT2D eigenvalue weighted by Gasteiger charge is -2.21. The van der Waals surface area contributed by atoms with Crippen LogP contribution in [-0.4, -0.2) is 32.0 Å². The fourth-order valence-electron chi connectivity index (χ4n) is 3.10. The molecule has 3 rings (SSSR count). The number of aromatic carboxylic acids is 1. The monoisotopic (exact) mass is 362 g/mol. The van der Waals surface area contributed by atoms with E-state index >= 15 is 0 Å². The van der Waals surface area contributed by atoms with Crippen LogP contribution in [0, 0.1) is 19.8 Å². The first-order valence-electron chi connectivity index (χ1n) is 8.48. The molecule has 0 aromatic carbocycles. The molecule has 2 heterocycles. The minimum atomic E-state index is -1.06. The highest BCUT2D eigenvalue weighted by atomic mass is 32.1. The number of ether oxygens (including phenoxy) is 1. The lowest BCUT2D eigenvalue weighted by molar-refractivity contribution is 0.0691. The largest absolute Gasteiger partial charge is 0.477 e. The number of hydrogen-bond donors (Lipinski definition) is 2. The predicted octanol–water partition coefficient (Wildman–Crippen LogP) is 3.95. The summed E-state index contributed by atoms with van der Waals surface area (Å²) in [5.41, 5.74) is 0.875. The summed E-state index contributed by atoms with van der Waals surface area (Å²) in [5.74, 6) is 0.791. The van der Waals surface area contributed by atoms with Gasteiger partial charge in [-0.05, 0) is 44.1 Å².